The number of piperazine rings is 1. The van der Waals surface area contributed by atoms with Gasteiger partial charge in [0.1, 0.15) is 11.6 Å². The predicted octanol–water partition coefficient (Wildman–Crippen LogP) is 4.97. The SMILES string of the molecule is CC(C)N1CCN(c2ccc(-c3cc(OC=O)c(N(C)Cc4ccc(-c5nnc(C(F)F)o5)cn4)cc3F)cn2)CC1. The van der Waals surface area contributed by atoms with Gasteiger partial charge in [0.25, 0.3) is 12.4 Å². The second-order valence-corrected chi connectivity index (χ2v) is 10.2. The van der Waals surface area contributed by atoms with Crippen molar-refractivity contribution in [3.05, 3.63) is 66.2 Å². The number of hydrogen-bond acceptors (Lipinski definition) is 10. The highest BCUT2D eigenvalue weighted by molar-refractivity contribution is 5.73. The number of hydrogen-bond donors (Lipinski definition) is 0. The van der Waals surface area contributed by atoms with Gasteiger partial charge in [-0.05, 0) is 44.2 Å². The minimum absolute atomic E-state index is 0.0757. The molecule has 0 unspecified atom stereocenters. The Balaban J connectivity index is 1.31. The van der Waals surface area contributed by atoms with Gasteiger partial charge in [-0.25, -0.2) is 9.37 Å². The van der Waals surface area contributed by atoms with E-state index in [0.717, 1.165) is 32.0 Å². The number of carbonyl (C=O) groups is 1. The standard InChI is InChI=1S/C29H30F3N7O3/c1-18(2)38-8-10-39(11-9-38)26-7-5-19(14-34-26)22-12-25(41-17-40)24(13-23(22)30)37(3)16-21-6-4-20(15-33-21)28-35-36-29(42-28)27(31)32/h4-7,12-15,17-18,27H,8-11,16H2,1-3H3. The Kier molecular flexibility index (Phi) is 8.67. The molecule has 13 heteroatoms. The third kappa shape index (κ3) is 6.35. The van der Waals surface area contributed by atoms with Crippen LogP contribution in [0.25, 0.3) is 22.6 Å². The van der Waals surface area contributed by atoms with Crippen LogP contribution in [0.4, 0.5) is 24.7 Å². The third-order valence-electron chi connectivity index (χ3n) is 7.16. The second-order valence-electron chi connectivity index (χ2n) is 10.2. The van der Waals surface area contributed by atoms with Crippen LogP contribution < -0.4 is 14.5 Å². The van der Waals surface area contributed by atoms with E-state index in [1.54, 1.807) is 30.3 Å². The van der Waals surface area contributed by atoms with Crippen molar-refractivity contribution in [2.45, 2.75) is 32.9 Å². The maximum atomic E-state index is 15.4. The first kappa shape index (κ1) is 29.0. The molecular formula is C29H30F3N7O3. The molecule has 4 aromatic rings. The topological polar surface area (TPSA) is 101 Å². The number of rotatable bonds is 10. The van der Waals surface area contributed by atoms with Crippen LogP contribution in [0.15, 0.2) is 53.2 Å². The molecule has 1 aliphatic heterocycles. The lowest BCUT2D eigenvalue weighted by Gasteiger charge is -2.37. The second kappa shape index (κ2) is 12.6. The molecule has 220 valence electrons. The average Bonchev–Trinajstić information content (AvgIpc) is 3.49. The Morgan fingerprint density at radius 2 is 1.76 bits per heavy atom. The zero-order valence-corrected chi connectivity index (χ0v) is 23.4. The van der Waals surface area contributed by atoms with Gasteiger partial charge in [-0.15, -0.1) is 10.2 Å². The average molecular weight is 582 g/mol. The number of aromatic nitrogens is 4. The van der Waals surface area contributed by atoms with E-state index in [-0.39, 0.29) is 30.2 Å². The summed E-state index contributed by atoms with van der Waals surface area (Å²) in [6.45, 7) is 8.53. The molecule has 42 heavy (non-hydrogen) atoms. The Bertz CT molecular complexity index is 1510. The number of alkyl halides is 2. The van der Waals surface area contributed by atoms with Crippen LogP contribution in [-0.2, 0) is 11.3 Å². The summed E-state index contributed by atoms with van der Waals surface area (Å²) in [5, 5.41) is 6.92. The van der Waals surface area contributed by atoms with Gasteiger partial charge in [0.15, 0.2) is 5.75 Å². The Morgan fingerprint density at radius 3 is 2.36 bits per heavy atom. The van der Waals surface area contributed by atoms with Crippen LogP contribution in [0.1, 0.15) is 31.9 Å². The highest BCUT2D eigenvalue weighted by Gasteiger charge is 2.21. The van der Waals surface area contributed by atoms with E-state index in [0.29, 0.717) is 28.6 Å². The molecule has 0 amide bonds. The molecule has 1 saturated heterocycles. The summed E-state index contributed by atoms with van der Waals surface area (Å²) in [5.41, 5.74) is 2.08. The molecule has 0 saturated carbocycles. The molecular weight excluding hydrogens is 551 g/mol. The van der Waals surface area contributed by atoms with Crippen molar-refractivity contribution < 1.29 is 27.1 Å². The van der Waals surface area contributed by atoms with Crippen LogP contribution >= 0.6 is 0 Å². The minimum Gasteiger partial charge on any atom is -0.427 e. The number of pyridine rings is 2. The zero-order chi connectivity index (χ0) is 29.8. The molecule has 0 N–H and O–H groups in total. The Hall–Kier alpha value is -4.52. The molecule has 1 aliphatic rings. The summed E-state index contributed by atoms with van der Waals surface area (Å²) in [5.74, 6) is -0.359. The molecule has 4 heterocycles. The quantitative estimate of drug-likeness (QED) is 0.239. The number of carbonyl (C=O) groups excluding carboxylic acids is 1. The number of halogens is 3. The van der Waals surface area contributed by atoms with Gasteiger partial charge in [0, 0.05) is 68.9 Å². The lowest BCUT2D eigenvalue weighted by Crippen LogP contribution is -2.49. The van der Waals surface area contributed by atoms with Crippen molar-refractivity contribution in [1.29, 1.82) is 0 Å². The lowest BCUT2D eigenvalue weighted by molar-refractivity contribution is -0.120. The molecule has 1 aromatic carbocycles. The van der Waals surface area contributed by atoms with E-state index in [1.165, 1.54) is 18.3 Å². The van der Waals surface area contributed by atoms with Gasteiger partial charge in [0.05, 0.1) is 23.5 Å². The smallest absolute Gasteiger partial charge is 0.314 e. The molecule has 1 fully saturated rings. The van der Waals surface area contributed by atoms with E-state index in [4.69, 9.17) is 9.15 Å². The molecule has 10 nitrogen and oxygen atoms in total. The highest BCUT2D eigenvalue weighted by Crippen LogP contribution is 2.36. The lowest BCUT2D eigenvalue weighted by atomic mass is 10.0. The van der Waals surface area contributed by atoms with Crippen molar-refractivity contribution in [1.82, 2.24) is 25.1 Å². The molecule has 5 rings (SSSR count). The first-order valence-electron chi connectivity index (χ1n) is 13.4. The fraction of sp³-hybridized carbons (Fsp3) is 0.345. The van der Waals surface area contributed by atoms with Crippen LogP contribution in [0, 0.1) is 5.82 Å². The fourth-order valence-corrected chi connectivity index (χ4v) is 4.82. The van der Waals surface area contributed by atoms with Crippen molar-refractivity contribution in [3.8, 4) is 28.3 Å². The summed E-state index contributed by atoms with van der Waals surface area (Å²) in [6.07, 6.45) is 0.169. The maximum absolute atomic E-state index is 15.4. The molecule has 0 spiro atoms. The normalized spacial score (nSPS) is 14.0. The molecule has 0 aliphatic carbocycles. The fourth-order valence-electron chi connectivity index (χ4n) is 4.82. The van der Waals surface area contributed by atoms with E-state index in [2.05, 4.69) is 43.8 Å². The molecule has 0 atom stereocenters. The van der Waals surface area contributed by atoms with Crippen LogP contribution in [0.3, 0.4) is 0 Å². The summed E-state index contributed by atoms with van der Waals surface area (Å²) in [6, 6.07) is 10.2. The Morgan fingerprint density at radius 1 is 1.02 bits per heavy atom. The van der Waals surface area contributed by atoms with Gasteiger partial charge in [0.2, 0.25) is 5.89 Å². The largest absolute Gasteiger partial charge is 0.427 e. The van der Waals surface area contributed by atoms with E-state index in [1.807, 2.05) is 12.1 Å². The highest BCUT2D eigenvalue weighted by atomic mass is 19.3. The van der Waals surface area contributed by atoms with Gasteiger partial charge in [-0.3, -0.25) is 14.7 Å². The molecule has 0 radical (unpaired) electrons. The third-order valence-corrected chi connectivity index (χ3v) is 7.16. The van der Waals surface area contributed by atoms with Crippen molar-refractivity contribution in [3.63, 3.8) is 0 Å². The summed E-state index contributed by atoms with van der Waals surface area (Å²) < 4.78 is 51.1. The molecule has 0 bridgehead atoms. The van der Waals surface area contributed by atoms with Crippen molar-refractivity contribution in [2.24, 2.45) is 0 Å². The number of benzene rings is 1. The summed E-state index contributed by atoms with van der Waals surface area (Å²) >= 11 is 0. The van der Waals surface area contributed by atoms with Gasteiger partial charge < -0.3 is 19.0 Å². The zero-order valence-electron chi connectivity index (χ0n) is 23.4. The summed E-state index contributed by atoms with van der Waals surface area (Å²) in [4.78, 5) is 26.5. The number of nitrogens with zero attached hydrogens (tertiary/aromatic N) is 7. The number of ether oxygens (including phenoxy) is 1. The van der Waals surface area contributed by atoms with E-state index < -0.39 is 18.1 Å². The van der Waals surface area contributed by atoms with Gasteiger partial charge >= 0.3 is 6.43 Å². The van der Waals surface area contributed by atoms with Gasteiger partial charge in [-0.2, -0.15) is 8.78 Å². The van der Waals surface area contributed by atoms with E-state index in [9.17, 15) is 13.6 Å². The maximum Gasteiger partial charge on any atom is 0.314 e. The Labute approximate surface area is 240 Å². The number of anilines is 2. The minimum atomic E-state index is -2.87. The van der Waals surface area contributed by atoms with Crippen molar-refractivity contribution >= 4 is 18.0 Å². The van der Waals surface area contributed by atoms with Crippen LogP contribution in [0.5, 0.6) is 5.75 Å². The monoisotopic (exact) mass is 581 g/mol. The predicted molar refractivity (Wildman–Crippen MR) is 150 cm³/mol. The molecule has 3 aromatic heterocycles. The summed E-state index contributed by atoms with van der Waals surface area (Å²) in [7, 11) is 1.70. The first-order valence-corrected chi connectivity index (χ1v) is 13.4. The first-order chi connectivity index (χ1) is 20.2. The van der Waals surface area contributed by atoms with Crippen molar-refractivity contribution in [2.75, 3.05) is 43.0 Å². The van der Waals surface area contributed by atoms with E-state index >= 15 is 4.39 Å². The van der Waals surface area contributed by atoms with Crippen LogP contribution in [0.2, 0.25) is 0 Å². The van der Waals surface area contributed by atoms with Crippen LogP contribution in [-0.4, -0.2) is 70.8 Å². The van der Waals surface area contributed by atoms with Gasteiger partial charge in [-0.1, -0.05) is 0 Å².